The number of hydrogen-bond donors (Lipinski definition) is 0. The van der Waals surface area contributed by atoms with Crippen LogP contribution in [0.5, 0.6) is 0 Å². The Labute approximate surface area is 140 Å². The van der Waals surface area contributed by atoms with Crippen LogP contribution in [0.1, 0.15) is 40.2 Å². The zero-order valence-electron chi connectivity index (χ0n) is 13.8. The molecule has 1 aromatic heterocycles. The van der Waals surface area contributed by atoms with Crippen LogP contribution in [0.2, 0.25) is 0 Å². The minimum atomic E-state index is -0.467. The first-order valence-corrected chi connectivity index (χ1v) is 7.78. The molecule has 1 unspecified atom stereocenters. The first kappa shape index (κ1) is 16.1. The maximum atomic E-state index is 13.0. The number of fused-ring (bicyclic) bond motifs is 1. The van der Waals surface area contributed by atoms with Crippen LogP contribution in [-0.4, -0.2) is 11.0 Å². The highest BCUT2D eigenvalue weighted by atomic mass is 19.1. The molecule has 0 aliphatic heterocycles. The predicted octanol–water partition coefficient (Wildman–Crippen LogP) is 4.91. The number of halogens is 1. The molecule has 122 valence electrons. The van der Waals surface area contributed by atoms with Crippen LogP contribution in [0, 0.1) is 19.7 Å². The van der Waals surface area contributed by atoms with Gasteiger partial charge in [-0.3, -0.25) is 4.98 Å². The number of rotatable bonds is 3. The van der Waals surface area contributed by atoms with Crippen LogP contribution in [0.15, 0.2) is 48.5 Å². The molecule has 3 aromatic rings. The number of nitrogens with zero attached hydrogens (tertiary/aromatic N) is 1. The van der Waals surface area contributed by atoms with E-state index < -0.39 is 12.1 Å². The summed E-state index contributed by atoms with van der Waals surface area (Å²) in [6.07, 6.45) is -0.467. The number of carbonyl (C=O) groups is 1. The third kappa shape index (κ3) is 3.27. The Kier molecular flexibility index (Phi) is 4.30. The van der Waals surface area contributed by atoms with E-state index >= 15 is 0 Å². The summed E-state index contributed by atoms with van der Waals surface area (Å²) in [6, 6.07) is 13.7. The van der Waals surface area contributed by atoms with Crippen LogP contribution in [0.3, 0.4) is 0 Å². The van der Waals surface area contributed by atoms with Gasteiger partial charge in [-0.15, -0.1) is 0 Å². The Morgan fingerprint density at radius 2 is 1.79 bits per heavy atom. The number of ether oxygens (including phenoxy) is 1. The third-order valence-corrected chi connectivity index (χ3v) is 4.00. The molecular weight excluding hydrogens is 305 g/mol. The number of hydrogen-bond acceptors (Lipinski definition) is 3. The minimum Gasteiger partial charge on any atom is -0.454 e. The Bertz CT molecular complexity index is 903. The topological polar surface area (TPSA) is 39.2 Å². The second kappa shape index (κ2) is 6.40. The SMILES string of the molecule is Cc1ccc2nc(C)c(C(=O)OC(C)c3ccc(F)cc3)cc2c1. The highest BCUT2D eigenvalue weighted by Crippen LogP contribution is 2.22. The van der Waals surface area contributed by atoms with Crippen LogP contribution in [0.25, 0.3) is 10.9 Å². The standard InChI is InChI=1S/C20H18FNO2/c1-12-4-9-19-16(10-12)11-18(13(2)22-19)20(23)24-14(3)15-5-7-17(21)8-6-15/h4-11,14H,1-3H3. The number of benzene rings is 2. The summed E-state index contributed by atoms with van der Waals surface area (Å²) < 4.78 is 18.5. The largest absolute Gasteiger partial charge is 0.454 e. The van der Waals surface area contributed by atoms with E-state index in [1.807, 2.05) is 31.2 Å². The summed E-state index contributed by atoms with van der Waals surface area (Å²) in [4.78, 5) is 17.0. The van der Waals surface area contributed by atoms with Gasteiger partial charge in [0.1, 0.15) is 11.9 Å². The van der Waals surface area contributed by atoms with Crippen LogP contribution in [-0.2, 0) is 4.74 Å². The summed E-state index contributed by atoms with van der Waals surface area (Å²) in [5.41, 5.74) is 3.77. The first-order valence-electron chi connectivity index (χ1n) is 7.78. The normalized spacial score (nSPS) is 12.2. The van der Waals surface area contributed by atoms with E-state index in [0.29, 0.717) is 11.3 Å². The van der Waals surface area contributed by atoms with Gasteiger partial charge in [-0.25, -0.2) is 9.18 Å². The summed E-state index contributed by atoms with van der Waals surface area (Å²) in [7, 11) is 0. The molecule has 4 heteroatoms. The monoisotopic (exact) mass is 323 g/mol. The van der Waals surface area contributed by atoms with Gasteiger partial charge in [0.15, 0.2) is 0 Å². The molecule has 0 saturated carbocycles. The number of pyridine rings is 1. The lowest BCUT2D eigenvalue weighted by Gasteiger charge is -2.15. The van der Waals surface area contributed by atoms with Crippen molar-refractivity contribution in [3.05, 3.63) is 76.7 Å². The molecule has 0 fully saturated rings. The Hall–Kier alpha value is -2.75. The molecule has 3 rings (SSSR count). The van der Waals surface area contributed by atoms with Crippen LogP contribution in [0.4, 0.5) is 4.39 Å². The summed E-state index contributed by atoms with van der Waals surface area (Å²) in [5, 5.41) is 0.905. The van der Waals surface area contributed by atoms with Crippen LogP contribution < -0.4 is 0 Å². The van der Waals surface area contributed by atoms with Gasteiger partial charge < -0.3 is 4.74 Å². The zero-order chi connectivity index (χ0) is 17.3. The fraction of sp³-hybridized carbons (Fsp3) is 0.200. The molecule has 3 nitrogen and oxygen atoms in total. The quantitative estimate of drug-likeness (QED) is 0.643. The summed E-state index contributed by atoms with van der Waals surface area (Å²) >= 11 is 0. The van der Waals surface area contributed by atoms with Gasteiger partial charge in [0.2, 0.25) is 0 Å². The molecule has 0 saturated heterocycles. The second-order valence-corrected chi connectivity index (χ2v) is 5.92. The van der Waals surface area contributed by atoms with Gasteiger partial charge in [-0.2, -0.15) is 0 Å². The fourth-order valence-electron chi connectivity index (χ4n) is 2.62. The lowest BCUT2D eigenvalue weighted by molar-refractivity contribution is 0.0336. The number of aromatic nitrogens is 1. The van der Waals surface area contributed by atoms with E-state index in [4.69, 9.17) is 4.74 Å². The van der Waals surface area contributed by atoms with Gasteiger partial charge in [0, 0.05) is 5.39 Å². The molecule has 24 heavy (non-hydrogen) atoms. The molecule has 0 aliphatic carbocycles. The van der Waals surface area contributed by atoms with Crippen molar-refractivity contribution in [1.82, 2.24) is 4.98 Å². The highest BCUT2D eigenvalue weighted by molar-refractivity contribution is 5.95. The smallest absolute Gasteiger partial charge is 0.340 e. The van der Waals surface area contributed by atoms with Crippen molar-refractivity contribution in [2.75, 3.05) is 0 Å². The summed E-state index contributed by atoms with van der Waals surface area (Å²) in [5.74, 6) is -0.748. The maximum absolute atomic E-state index is 13.0. The van der Waals surface area contributed by atoms with E-state index in [0.717, 1.165) is 22.0 Å². The van der Waals surface area contributed by atoms with Crippen molar-refractivity contribution in [2.24, 2.45) is 0 Å². The lowest BCUT2D eigenvalue weighted by atomic mass is 10.1. The third-order valence-electron chi connectivity index (χ3n) is 4.00. The van der Waals surface area contributed by atoms with E-state index in [9.17, 15) is 9.18 Å². The van der Waals surface area contributed by atoms with Gasteiger partial charge in [0.25, 0.3) is 0 Å². The van der Waals surface area contributed by atoms with E-state index in [-0.39, 0.29) is 5.82 Å². The van der Waals surface area contributed by atoms with Crippen molar-refractivity contribution in [1.29, 1.82) is 0 Å². The van der Waals surface area contributed by atoms with Gasteiger partial charge >= 0.3 is 5.97 Å². The van der Waals surface area contributed by atoms with Crippen molar-refractivity contribution >= 4 is 16.9 Å². The molecule has 0 aliphatic rings. The zero-order valence-corrected chi connectivity index (χ0v) is 13.8. The average Bonchev–Trinajstić information content (AvgIpc) is 2.55. The average molecular weight is 323 g/mol. The summed E-state index contributed by atoms with van der Waals surface area (Å²) in [6.45, 7) is 5.55. The fourth-order valence-corrected chi connectivity index (χ4v) is 2.62. The van der Waals surface area contributed by atoms with E-state index in [1.54, 1.807) is 26.0 Å². The first-order chi connectivity index (χ1) is 11.4. The predicted molar refractivity (Wildman–Crippen MR) is 91.4 cm³/mol. The Morgan fingerprint density at radius 1 is 1.08 bits per heavy atom. The molecule has 1 heterocycles. The van der Waals surface area contributed by atoms with Gasteiger partial charge in [-0.1, -0.05) is 23.8 Å². The van der Waals surface area contributed by atoms with Crippen molar-refractivity contribution in [3.8, 4) is 0 Å². The van der Waals surface area contributed by atoms with Crippen molar-refractivity contribution in [3.63, 3.8) is 0 Å². The molecule has 2 aromatic carbocycles. The van der Waals surface area contributed by atoms with E-state index in [2.05, 4.69) is 4.98 Å². The number of aryl methyl sites for hydroxylation is 2. The highest BCUT2D eigenvalue weighted by Gasteiger charge is 2.17. The van der Waals surface area contributed by atoms with Crippen molar-refractivity contribution in [2.45, 2.75) is 26.9 Å². The molecule has 0 spiro atoms. The number of carbonyl (C=O) groups excluding carboxylic acids is 1. The molecule has 0 bridgehead atoms. The van der Waals surface area contributed by atoms with Gasteiger partial charge in [0.05, 0.1) is 16.8 Å². The lowest BCUT2D eigenvalue weighted by Crippen LogP contribution is -2.11. The Morgan fingerprint density at radius 3 is 2.50 bits per heavy atom. The molecule has 0 radical (unpaired) electrons. The number of esters is 1. The second-order valence-electron chi connectivity index (χ2n) is 5.92. The van der Waals surface area contributed by atoms with Crippen LogP contribution >= 0.6 is 0 Å². The van der Waals surface area contributed by atoms with Gasteiger partial charge in [-0.05, 0) is 56.7 Å². The molecule has 0 amide bonds. The molecule has 0 N–H and O–H groups in total. The molecule has 1 atom stereocenters. The minimum absolute atomic E-state index is 0.317. The maximum Gasteiger partial charge on any atom is 0.340 e. The molecular formula is C20H18FNO2. The Balaban J connectivity index is 1.87. The van der Waals surface area contributed by atoms with Crippen molar-refractivity contribution < 1.29 is 13.9 Å². The van der Waals surface area contributed by atoms with E-state index in [1.165, 1.54) is 12.1 Å².